The minimum atomic E-state index is 0.592. The summed E-state index contributed by atoms with van der Waals surface area (Å²) in [6, 6.07) is 4.51. The Morgan fingerprint density at radius 1 is 1.29 bits per heavy atom. The van der Waals surface area contributed by atoms with Gasteiger partial charge >= 0.3 is 0 Å². The lowest BCUT2D eigenvalue weighted by atomic mass is 9.79. The van der Waals surface area contributed by atoms with Gasteiger partial charge in [-0.1, -0.05) is 26.8 Å². The van der Waals surface area contributed by atoms with E-state index in [9.17, 15) is 0 Å². The highest BCUT2D eigenvalue weighted by Crippen LogP contribution is 2.40. The molecule has 92 valence electrons. The second-order valence-corrected chi connectivity index (χ2v) is 5.36. The van der Waals surface area contributed by atoms with Crippen LogP contribution >= 0.6 is 0 Å². The van der Waals surface area contributed by atoms with Crippen LogP contribution in [0.25, 0.3) is 5.57 Å². The highest BCUT2D eigenvalue weighted by molar-refractivity contribution is 5.73. The molecule has 0 saturated heterocycles. The van der Waals surface area contributed by atoms with Crippen LogP contribution in [0.5, 0.6) is 5.75 Å². The number of aryl methyl sites for hydroxylation is 1. The average molecular weight is 230 g/mol. The van der Waals surface area contributed by atoms with E-state index in [1.807, 2.05) is 0 Å². The second kappa shape index (κ2) is 4.56. The number of benzene rings is 1. The first-order chi connectivity index (χ1) is 8.04. The van der Waals surface area contributed by atoms with Crippen molar-refractivity contribution in [2.75, 3.05) is 7.11 Å². The molecule has 0 N–H and O–H groups in total. The van der Waals surface area contributed by atoms with Crippen molar-refractivity contribution < 1.29 is 4.74 Å². The van der Waals surface area contributed by atoms with E-state index in [2.05, 4.69) is 45.9 Å². The molecule has 0 amide bonds. The largest absolute Gasteiger partial charge is 0.496 e. The average Bonchev–Trinajstić information content (AvgIpc) is 2.28. The van der Waals surface area contributed by atoms with Crippen molar-refractivity contribution in [3.05, 3.63) is 34.9 Å². The molecule has 2 rings (SSSR count). The fourth-order valence-electron chi connectivity index (χ4n) is 2.67. The van der Waals surface area contributed by atoms with Crippen molar-refractivity contribution in [3.8, 4) is 5.75 Å². The Balaban J connectivity index is 2.58. The van der Waals surface area contributed by atoms with E-state index < -0.39 is 0 Å². The van der Waals surface area contributed by atoms with Crippen LogP contribution in [0.4, 0.5) is 0 Å². The maximum atomic E-state index is 5.44. The summed E-state index contributed by atoms with van der Waals surface area (Å²) < 4.78 is 5.44. The van der Waals surface area contributed by atoms with Crippen LogP contribution in [0.2, 0.25) is 0 Å². The molecule has 1 atom stereocenters. The van der Waals surface area contributed by atoms with Crippen LogP contribution in [0.1, 0.15) is 49.8 Å². The summed E-state index contributed by atoms with van der Waals surface area (Å²) in [7, 11) is 1.75. The van der Waals surface area contributed by atoms with Gasteiger partial charge in [0.2, 0.25) is 0 Å². The lowest BCUT2D eigenvalue weighted by Gasteiger charge is -2.26. The summed E-state index contributed by atoms with van der Waals surface area (Å²) in [5.74, 6) is 2.21. The molecule has 0 radical (unpaired) electrons. The number of ether oxygens (including phenoxy) is 1. The Kier molecular flexibility index (Phi) is 3.28. The summed E-state index contributed by atoms with van der Waals surface area (Å²) >= 11 is 0. The van der Waals surface area contributed by atoms with Crippen LogP contribution < -0.4 is 4.74 Å². The summed E-state index contributed by atoms with van der Waals surface area (Å²) in [4.78, 5) is 0. The summed E-state index contributed by atoms with van der Waals surface area (Å²) in [5.41, 5.74) is 5.59. The monoisotopic (exact) mass is 230 g/mol. The normalized spacial score (nSPS) is 18.9. The molecule has 0 bridgehead atoms. The molecule has 1 heteroatoms. The van der Waals surface area contributed by atoms with Gasteiger partial charge in [-0.15, -0.1) is 0 Å². The molecule has 1 aromatic carbocycles. The number of allylic oxidation sites excluding steroid dienone is 2. The summed E-state index contributed by atoms with van der Waals surface area (Å²) in [6.45, 7) is 8.95. The van der Waals surface area contributed by atoms with E-state index in [0.29, 0.717) is 11.8 Å². The summed E-state index contributed by atoms with van der Waals surface area (Å²) in [5, 5.41) is 0. The topological polar surface area (TPSA) is 9.23 Å². The molecule has 1 aliphatic carbocycles. The standard InChI is InChI=1S/C16H22O/c1-10(2)13-7-6-11(3)14-9-16(17-5)12(4)8-15(13)14/h7-11H,6H2,1-5H3/t11-/m1/s1. The molecule has 0 spiro atoms. The predicted molar refractivity (Wildman–Crippen MR) is 73.6 cm³/mol. The first-order valence-electron chi connectivity index (χ1n) is 6.43. The van der Waals surface area contributed by atoms with Gasteiger partial charge in [-0.25, -0.2) is 0 Å². The molecular formula is C16H22O. The zero-order chi connectivity index (χ0) is 12.6. The molecule has 0 saturated carbocycles. The summed E-state index contributed by atoms with van der Waals surface area (Å²) in [6.07, 6.45) is 3.55. The predicted octanol–water partition coefficient (Wildman–Crippen LogP) is 4.55. The smallest absolute Gasteiger partial charge is 0.122 e. The Hall–Kier alpha value is -1.24. The first kappa shape index (κ1) is 12.2. The van der Waals surface area contributed by atoms with Crippen molar-refractivity contribution in [1.82, 2.24) is 0 Å². The van der Waals surface area contributed by atoms with E-state index in [-0.39, 0.29) is 0 Å². The Bertz CT molecular complexity index is 455. The third kappa shape index (κ3) is 2.11. The third-order valence-corrected chi connectivity index (χ3v) is 3.72. The molecule has 0 fully saturated rings. The minimum absolute atomic E-state index is 0.592. The van der Waals surface area contributed by atoms with Crippen LogP contribution in [0.15, 0.2) is 18.2 Å². The van der Waals surface area contributed by atoms with Gasteiger partial charge in [0.1, 0.15) is 5.75 Å². The van der Waals surface area contributed by atoms with Crippen LogP contribution in [-0.2, 0) is 0 Å². The van der Waals surface area contributed by atoms with Crippen molar-refractivity contribution in [2.45, 2.75) is 40.0 Å². The lowest BCUT2D eigenvalue weighted by Crippen LogP contribution is -2.08. The van der Waals surface area contributed by atoms with Gasteiger partial charge < -0.3 is 4.74 Å². The number of rotatable bonds is 2. The van der Waals surface area contributed by atoms with E-state index in [0.717, 1.165) is 12.2 Å². The molecule has 1 aromatic rings. The molecule has 0 aliphatic heterocycles. The minimum Gasteiger partial charge on any atom is -0.496 e. The zero-order valence-electron chi connectivity index (χ0n) is 11.5. The van der Waals surface area contributed by atoms with Crippen molar-refractivity contribution in [2.24, 2.45) is 5.92 Å². The van der Waals surface area contributed by atoms with E-state index in [1.165, 1.54) is 22.3 Å². The lowest BCUT2D eigenvalue weighted by molar-refractivity contribution is 0.410. The number of fused-ring (bicyclic) bond motifs is 1. The molecular weight excluding hydrogens is 208 g/mol. The van der Waals surface area contributed by atoms with Crippen LogP contribution in [0, 0.1) is 12.8 Å². The maximum absolute atomic E-state index is 5.44. The molecule has 1 aliphatic rings. The maximum Gasteiger partial charge on any atom is 0.122 e. The Morgan fingerprint density at radius 2 is 2.00 bits per heavy atom. The van der Waals surface area contributed by atoms with Crippen molar-refractivity contribution in [3.63, 3.8) is 0 Å². The molecule has 0 unspecified atom stereocenters. The number of hydrogen-bond donors (Lipinski definition) is 0. The first-order valence-corrected chi connectivity index (χ1v) is 6.43. The van der Waals surface area contributed by atoms with Gasteiger partial charge in [-0.2, -0.15) is 0 Å². The van der Waals surface area contributed by atoms with E-state index in [1.54, 1.807) is 7.11 Å². The SMILES string of the molecule is COc1cc2c(cc1C)C(C(C)C)=CC[C@H]2C. The zero-order valence-corrected chi connectivity index (χ0v) is 11.5. The Labute approximate surface area is 104 Å². The van der Waals surface area contributed by atoms with Crippen LogP contribution in [0.3, 0.4) is 0 Å². The quantitative estimate of drug-likeness (QED) is 0.724. The van der Waals surface area contributed by atoms with Crippen molar-refractivity contribution >= 4 is 5.57 Å². The van der Waals surface area contributed by atoms with Crippen molar-refractivity contribution in [1.29, 1.82) is 0 Å². The third-order valence-electron chi connectivity index (χ3n) is 3.72. The highest BCUT2D eigenvalue weighted by Gasteiger charge is 2.21. The van der Waals surface area contributed by atoms with Gasteiger partial charge in [0.25, 0.3) is 0 Å². The van der Waals surface area contributed by atoms with Gasteiger partial charge in [-0.3, -0.25) is 0 Å². The van der Waals surface area contributed by atoms with Gasteiger partial charge in [-0.05, 0) is 59.6 Å². The highest BCUT2D eigenvalue weighted by atomic mass is 16.5. The fraction of sp³-hybridized carbons (Fsp3) is 0.500. The molecule has 0 heterocycles. The fourth-order valence-corrected chi connectivity index (χ4v) is 2.67. The molecule has 1 nitrogen and oxygen atoms in total. The van der Waals surface area contributed by atoms with Gasteiger partial charge in [0, 0.05) is 0 Å². The second-order valence-electron chi connectivity index (χ2n) is 5.36. The number of hydrogen-bond acceptors (Lipinski definition) is 1. The Morgan fingerprint density at radius 3 is 2.59 bits per heavy atom. The van der Waals surface area contributed by atoms with E-state index in [4.69, 9.17) is 4.74 Å². The molecule has 0 aromatic heterocycles. The number of methoxy groups -OCH3 is 1. The van der Waals surface area contributed by atoms with Gasteiger partial charge in [0.15, 0.2) is 0 Å². The molecule has 17 heavy (non-hydrogen) atoms. The van der Waals surface area contributed by atoms with Gasteiger partial charge in [0.05, 0.1) is 7.11 Å². The van der Waals surface area contributed by atoms with E-state index >= 15 is 0 Å². The van der Waals surface area contributed by atoms with Crippen LogP contribution in [-0.4, -0.2) is 7.11 Å².